The van der Waals surface area contributed by atoms with E-state index in [9.17, 15) is 8.42 Å². The van der Waals surface area contributed by atoms with Gasteiger partial charge in [0.05, 0.1) is 4.90 Å². The van der Waals surface area contributed by atoms with Gasteiger partial charge in [-0.3, -0.25) is 0 Å². The van der Waals surface area contributed by atoms with E-state index in [1.807, 2.05) is 13.8 Å². The van der Waals surface area contributed by atoms with Crippen LogP contribution in [-0.2, 0) is 10.0 Å². The highest BCUT2D eigenvalue weighted by Crippen LogP contribution is 2.21. The summed E-state index contributed by atoms with van der Waals surface area (Å²) in [5.41, 5.74) is 5.56. The summed E-state index contributed by atoms with van der Waals surface area (Å²) >= 11 is 3.23. The second kappa shape index (κ2) is 5.95. The Morgan fingerprint density at radius 1 is 1.35 bits per heavy atom. The number of hydrogen-bond acceptors (Lipinski definition) is 3. The fraction of sp³-hybridized carbons (Fsp3) is 0.455. The molecule has 0 fully saturated rings. The Labute approximate surface area is 111 Å². The van der Waals surface area contributed by atoms with E-state index in [0.717, 1.165) is 0 Å². The van der Waals surface area contributed by atoms with Gasteiger partial charge in [-0.1, -0.05) is 26.0 Å². The van der Waals surface area contributed by atoms with Crippen molar-refractivity contribution in [2.75, 3.05) is 6.54 Å². The Balaban J connectivity index is 3.01. The van der Waals surface area contributed by atoms with Gasteiger partial charge >= 0.3 is 0 Å². The van der Waals surface area contributed by atoms with E-state index in [2.05, 4.69) is 20.7 Å². The van der Waals surface area contributed by atoms with Gasteiger partial charge in [-0.2, -0.15) is 0 Å². The first-order chi connectivity index (χ1) is 7.88. The molecule has 0 aliphatic carbocycles. The van der Waals surface area contributed by atoms with Crippen LogP contribution in [0.5, 0.6) is 0 Å². The van der Waals surface area contributed by atoms with Crippen molar-refractivity contribution in [2.45, 2.75) is 24.8 Å². The minimum atomic E-state index is -3.52. The summed E-state index contributed by atoms with van der Waals surface area (Å²) in [6.07, 6.45) is 0. The van der Waals surface area contributed by atoms with E-state index in [1.165, 1.54) is 0 Å². The molecule has 0 aromatic heterocycles. The third-order valence-corrected chi connectivity index (χ3v) is 4.99. The van der Waals surface area contributed by atoms with Crippen LogP contribution < -0.4 is 10.5 Å². The zero-order chi connectivity index (χ0) is 13.1. The van der Waals surface area contributed by atoms with E-state index in [0.29, 0.717) is 4.47 Å². The van der Waals surface area contributed by atoms with Crippen molar-refractivity contribution in [3.05, 3.63) is 28.7 Å². The summed E-state index contributed by atoms with van der Waals surface area (Å²) in [5, 5.41) is 0. The lowest BCUT2D eigenvalue weighted by atomic mass is 10.1. The van der Waals surface area contributed by atoms with Crippen LogP contribution >= 0.6 is 15.9 Å². The van der Waals surface area contributed by atoms with Crippen LogP contribution in [0.25, 0.3) is 0 Å². The molecule has 3 N–H and O–H groups in total. The lowest BCUT2D eigenvalue weighted by molar-refractivity contribution is 0.454. The molecule has 1 atom stereocenters. The number of halogens is 1. The second-order valence-corrected chi connectivity index (χ2v) is 6.67. The molecular formula is C11H17BrN2O2S. The number of sulfonamides is 1. The molecular weight excluding hydrogens is 304 g/mol. The maximum atomic E-state index is 12.1. The molecule has 0 heterocycles. The third kappa shape index (κ3) is 3.77. The summed E-state index contributed by atoms with van der Waals surface area (Å²) < 4.78 is 27.4. The molecule has 0 aliphatic heterocycles. The minimum Gasteiger partial charge on any atom is -0.329 e. The van der Waals surface area contributed by atoms with E-state index in [1.54, 1.807) is 24.3 Å². The summed E-state index contributed by atoms with van der Waals surface area (Å²) in [6.45, 7) is 4.14. The molecule has 0 spiro atoms. The average Bonchev–Trinajstić information content (AvgIpc) is 2.26. The van der Waals surface area contributed by atoms with Crippen LogP contribution in [0.1, 0.15) is 13.8 Å². The minimum absolute atomic E-state index is 0.150. The van der Waals surface area contributed by atoms with Gasteiger partial charge in [-0.15, -0.1) is 0 Å². The van der Waals surface area contributed by atoms with Gasteiger partial charge < -0.3 is 5.73 Å². The monoisotopic (exact) mass is 320 g/mol. The Bertz CT molecular complexity index is 474. The van der Waals surface area contributed by atoms with Crippen LogP contribution in [0.3, 0.4) is 0 Å². The lowest BCUT2D eigenvalue weighted by Crippen LogP contribution is -2.43. The number of nitrogens with one attached hydrogen (secondary N) is 1. The van der Waals surface area contributed by atoms with E-state index < -0.39 is 10.0 Å². The highest BCUT2D eigenvalue weighted by Gasteiger charge is 2.22. The van der Waals surface area contributed by atoms with Crippen molar-refractivity contribution in [3.8, 4) is 0 Å². The number of nitrogens with two attached hydrogens (primary N) is 1. The van der Waals surface area contributed by atoms with Gasteiger partial charge in [-0.05, 0) is 34.0 Å². The summed E-state index contributed by atoms with van der Waals surface area (Å²) in [5.74, 6) is 0.150. The molecule has 0 amide bonds. The quantitative estimate of drug-likeness (QED) is 0.867. The van der Waals surface area contributed by atoms with Crippen molar-refractivity contribution in [3.63, 3.8) is 0 Å². The number of hydrogen-bond donors (Lipinski definition) is 2. The molecule has 96 valence electrons. The van der Waals surface area contributed by atoms with Crippen LogP contribution in [-0.4, -0.2) is 21.0 Å². The topological polar surface area (TPSA) is 72.2 Å². The molecule has 1 aromatic rings. The highest BCUT2D eigenvalue weighted by molar-refractivity contribution is 9.10. The fourth-order valence-electron chi connectivity index (χ4n) is 1.38. The van der Waals surface area contributed by atoms with Crippen LogP contribution in [0.4, 0.5) is 0 Å². The molecule has 17 heavy (non-hydrogen) atoms. The summed E-state index contributed by atoms with van der Waals surface area (Å²) in [6, 6.07) is 6.45. The third-order valence-electron chi connectivity index (χ3n) is 2.49. The summed E-state index contributed by atoms with van der Waals surface area (Å²) in [7, 11) is -3.52. The Morgan fingerprint density at radius 2 is 1.94 bits per heavy atom. The van der Waals surface area contributed by atoms with E-state index >= 15 is 0 Å². The van der Waals surface area contributed by atoms with Crippen LogP contribution in [0.2, 0.25) is 0 Å². The molecule has 1 rings (SSSR count). The van der Waals surface area contributed by atoms with Crippen LogP contribution in [0, 0.1) is 5.92 Å². The molecule has 1 aromatic carbocycles. The van der Waals surface area contributed by atoms with Gasteiger partial charge in [0, 0.05) is 17.1 Å². The van der Waals surface area contributed by atoms with Gasteiger partial charge in [-0.25, -0.2) is 13.1 Å². The van der Waals surface area contributed by atoms with Gasteiger partial charge in [0.15, 0.2) is 0 Å². The number of benzene rings is 1. The molecule has 1 unspecified atom stereocenters. The first-order valence-corrected chi connectivity index (χ1v) is 7.63. The highest BCUT2D eigenvalue weighted by atomic mass is 79.9. The Morgan fingerprint density at radius 3 is 2.41 bits per heavy atom. The second-order valence-electron chi connectivity index (χ2n) is 4.14. The van der Waals surface area contributed by atoms with Crippen LogP contribution in [0.15, 0.2) is 33.6 Å². The Kier molecular flexibility index (Phi) is 5.12. The predicted molar refractivity (Wildman–Crippen MR) is 72.1 cm³/mol. The molecule has 4 nitrogen and oxygen atoms in total. The van der Waals surface area contributed by atoms with Crippen molar-refractivity contribution in [2.24, 2.45) is 11.7 Å². The normalized spacial score (nSPS) is 13.9. The lowest BCUT2D eigenvalue weighted by Gasteiger charge is -2.20. The van der Waals surface area contributed by atoms with E-state index in [-0.39, 0.29) is 23.4 Å². The number of rotatable bonds is 5. The van der Waals surface area contributed by atoms with E-state index in [4.69, 9.17) is 5.73 Å². The van der Waals surface area contributed by atoms with Crippen molar-refractivity contribution in [1.29, 1.82) is 0 Å². The maximum Gasteiger partial charge on any atom is 0.241 e. The van der Waals surface area contributed by atoms with Gasteiger partial charge in [0.25, 0.3) is 0 Å². The zero-order valence-corrected chi connectivity index (χ0v) is 12.3. The maximum absolute atomic E-state index is 12.1. The molecule has 0 radical (unpaired) electrons. The largest absolute Gasteiger partial charge is 0.329 e. The van der Waals surface area contributed by atoms with Crippen molar-refractivity contribution in [1.82, 2.24) is 4.72 Å². The van der Waals surface area contributed by atoms with Crippen molar-refractivity contribution >= 4 is 26.0 Å². The molecule has 0 bridgehead atoms. The predicted octanol–water partition coefficient (Wildman–Crippen LogP) is 1.71. The molecule has 0 saturated carbocycles. The smallest absolute Gasteiger partial charge is 0.241 e. The van der Waals surface area contributed by atoms with Gasteiger partial charge in [0.2, 0.25) is 10.0 Å². The van der Waals surface area contributed by atoms with Crippen molar-refractivity contribution < 1.29 is 8.42 Å². The standard InChI is InChI=1S/C11H17BrN2O2S/c1-8(2)10(7-13)14-17(15,16)11-6-4-3-5-9(11)12/h3-6,8,10,14H,7,13H2,1-2H3. The fourth-order valence-corrected chi connectivity index (χ4v) is 3.78. The Hall–Kier alpha value is -0.430. The molecule has 6 heteroatoms. The summed E-state index contributed by atoms with van der Waals surface area (Å²) in [4.78, 5) is 0.235. The zero-order valence-electron chi connectivity index (χ0n) is 9.85. The molecule has 0 aliphatic rings. The first-order valence-electron chi connectivity index (χ1n) is 5.35. The molecule has 0 saturated heterocycles. The SMILES string of the molecule is CC(C)C(CN)NS(=O)(=O)c1ccccc1Br. The first kappa shape index (κ1) is 14.6. The van der Waals surface area contributed by atoms with Gasteiger partial charge in [0.1, 0.15) is 0 Å². The average molecular weight is 321 g/mol.